The van der Waals surface area contributed by atoms with Crippen LogP contribution in [0.1, 0.15) is 35.4 Å². The van der Waals surface area contributed by atoms with E-state index in [4.69, 9.17) is 28.0 Å². The second-order valence-corrected chi connectivity index (χ2v) is 12.2. The van der Waals surface area contributed by atoms with Crippen LogP contribution < -0.4 is 5.32 Å². The van der Waals surface area contributed by atoms with Crippen LogP contribution in [0.15, 0.2) is 36.4 Å². The Morgan fingerprint density at radius 2 is 1.68 bits per heavy atom. The van der Waals surface area contributed by atoms with Gasteiger partial charge >= 0.3 is 6.18 Å². The molecule has 38 heavy (non-hydrogen) atoms. The van der Waals surface area contributed by atoms with Crippen LogP contribution in [0.25, 0.3) is 0 Å². The first-order chi connectivity index (χ1) is 17.7. The van der Waals surface area contributed by atoms with E-state index in [1.807, 2.05) is 30.3 Å². The van der Waals surface area contributed by atoms with Gasteiger partial charge in [-0.3, -0.25) is 9.59 Å². The van der Waals surface area contributed by atoms with E-state index in [-0.39, 0.29) is 17.7 Å². The maximum atomic E-state index is 12.7. The van der Waals surface area contributed by atoms with Gasteiger partial charge in [-0.1, -0.05) is 35.3 Å². The molecule has 2 aromatic carbocycles. The van der Waals surface area contributed by atoms with E-state index in [0.717, 1.165) is 35.5 Å². The van der Waals surface area contributed by atoms with E-state index in [9.17, 15) is 26.4 Å². The van der Waals surface area contributed by atoms with Gasteiger partial charge in [0.05, 0.1) is 6.26 Å². The lowest BCUT2D eigenvalue weighted by Crippen LogP contribution is -2.40. The molecule has 1 fully saturated rings. The van der Waals surface area contributed by atoms with Crippen molar-refractivity contribution in [1.29, 1.82) is 0 Å². The Labute approximate surface area is 229 Å². The fraction of sp³-hybridized carbons (Fsp3) is 0.440. The molecule has 0 aliphatic carbocycles. The van der Waals surface area contributed by atoms with Gasteiger partial charge in [0, 0.05) is 53.7 Å². The summed E-state index contributed by atoms with van der Waals surface area (Å²) in [7, 11) is -1.12. The van der Waals surface area contributed by atoms with Crippen molar-refractivity contribution in [3.05, 3.63) is 63.1 Å². The quantitative estimate of drug-likeness (QED) is 0.508. The number of likely N-dealkylation sites (N-methyl/N-ethyl adjacent to an activating group) is 1. The Hall–Kier alpha value is -2.18. The summed E-state index contributed by atoms with van der Waals surface area (Å²) in [6, 6.07) is 11.7. The highest BCUT2D eigenvalue weighted by Crippen LogP contribution is 2.38. The normalized spacial score (nSPS) is 19.2. The largest absolute Gasteiger partial charge is 0.446 e. The van der Waals surface area contributed by atoms with Gasteiger partial charge in [0.1, 0.15) is 0 Å². The fourth-order valence-corrected chi connectivity index (χ4v) is 6.07. The number of anilines is 1. The van der Waals surface area contributed by atoms with Crippen molar-refractivity contribution < 1.29 is 31.2 Å². The third-order valence-corrected chi connectivity index (χ3v) is 8.36. The van der Waals surface area contributed by atoms with Crippen LogP contribution in [0.3, 0.4) is 0 Å². The maximum Gasteiger partial charge on any atom is 0.446 e. The van der Waals surface area contributed by atoms with E-state index in [1.54, 1.807) is 6.07 Å². The highest BCUT2D eigenvalue weighted by molar-refractivity contribution is 7.88. The number of benzene rings is 2. The summed E-state index contributed by atoms with van der Waals surface area (Å²) in [4.78, 5) is 23.6. The molecule has 0 bridgehead atoms. The molecule has 1 saturated heterocycles. The minimum atomic E-state index is -4.64. The van der Waals surface area contributed by atoms with Crippen LogP contribution in [0.2, 0.25) is 10.0 Å². The number of halogens is 5. The topological polar surface area (TPSA) is 86.8 Å². The average Bonchev–Trinajstić information content (AvgIpc) is 2.84. The van der Waals surface area contributed by atoms with E-state index < -0.39 is 22.5 Å². The number of aldehydes is 1. The maximum absolute atomic E-state index is 12.7. The van der Waals surface area contributed by atoms with Gasteiger partial charge in [0.15, 0.2) is 0 Å². The first-order valence-corrected chi connectivity index (χ1v) is 14.3. The van der Waals surface area contributed by atoms with Crippen molar-refractivity contribution in [2.24, 2.45) is 5.92 Å². The van der Waals surface area contributed by atoms with Crippen LogP contribution in [0.5, 0.6) is 0 Å². The predicted octanol–water partition coefficient (Wildman–Crippen LogP) is 4.93. The summed E-state index contributed by atoms with van der Waals surface area (Å²) < 4.78 is 56.0. The number of hydrogen-bond donors (Lipinski definition) is 1. The van der Waals surface area contributed by atoms with E-state index in [1.165, 1.54) is 10.6 Å². The van der Waals surface area contributed by atoms with Crippen LogP contribution in [0.4, 0.5) is 18.9 Å². The molecule has 0 aromatic heterocycles. The minimum Gasteiger partial charge on any atom is -0.326 e. The first-order valence-electron chi connectivity index (χ1n) is 11.7. The summed E-state index contributed by atoms with van der Waals surface area (Å²) in [5, 5.41) is 4.31. The first kappa shape index (κ1) is 30.4. The van der Waals surface area contributed by atoms with Gasteiger partial charge in [0.2, 0.25) is 22.2 Å². The van der Waals surface area contributed by atoms with Gasteiger partial charge in [-0.05, 0) is 60.8 Å². The summed E-state index contributed by atoms with van der Waals surface area (Å²) in [5.74, 6) is -0.104. The molecule has 2 aliphatic heterocycles. The second kappa shape index (κ2) is 12.3. The molecule has 2 aliphatic rings. The molecule has 1 unspecified atom stereocenters. The zero-order chi connectivity index (χ0) is 28.3. The molecule has 1 atom stereocenters. The van der Waals surface area contributed by atoms with Crippen molar-refractivity contribution in [2.45, 2.75) is 31.5 Å². The molecule has 1 amide bonds. The van der Waals surface area contributed by atoms with Gasteiger partial charge in [-0.15, -0.1) is 0 Å². The van der Waals surface area contributed by atoms with Crippen molar-refractivity contribution in [3.8, 4) is 0 Å². The molecule has 2 aromatic rings. The molecule has 0 saturated carbocycles. The lowest BCUT2D eigenvalue weighted by atomic mass is 9.84. The highest BCUT2D eigenvalue weighted by atomic mass is 35.5. The van der Waals surface area contributed by atoms with Gasteiger partial charge < -0.3 is 10.2 Å². The Balaban J connectivity index is 0.000000599. The second-order valence-electron chi connectivity index (χ2n) is 9.41. The number of piperidine rings is 1. The number of fused-ring (bicyclic) bond motifs is 1. The number of carbonyl (C=O) groups excluding carboxylic acids is 2. The number of nitrogens with one attached hydrogen (secondary N) is 1. The third kappa shape index (κ3) is 8.16. The Kier molecular flexibility index (Phi) is 9.86. The predicted molar refractivity (Wildman–Crippen MR) is 141 cm³/mol. The molecule has 0 spiro atoms. The molecule has 0 radical (unpaired) electrons. The fourth-order valence-electron chi connectivity index (χ4n) is 4.62. The Morgan fingerprint density at radius 3 is 2.21 bits per heavy atom. The molecule has 7 nitrogen and oxygen atoms in total. The van der Waals surface area contributed by atoms with Gasteiger partial charge in [0.25, 0.3) is 0 Å². The third-order valence-electron chi connectivity index (χ3n) is 6.50. The van der Waals surface area contributed by atoms with Crippen LogP contribution >= 0.6 is 23.2 Å². The van der Waals surface area contributed by atoms with Crippen molar-refractivity contribution in [3.63, 3.8) is 0 Å². The number of carbonyl (C=O) groups is 2. The Morgan fingerprint density at radius 1 is 1.11 bits per heavy atom. The molecule has 4 rings (SSSR count). The summed E-state index contributed by atoms with van der Waals surface area (Å²) >= 11 is 12.7. The summed E-state index contributed by atoms with van der Waals surface area (Å²) in [6.07, 6.45) is -3.43. The molecular weight excluding hydrogens is 566 g/mol. The monoisotopic (exact) mass is 593 g/mol. The van der Waals surface area contributed by atoms with Crippen LogP contribution in [-0.4, -0.2) is 68.9 Å². The van der Waals surface area contributed by atoms with E-state index in [2.05, 4.69) is 17.3 Å². The molecule has 2 heterocycles. The summed E-state index contributed by atoms with van der Waals surface area (Å²) in [6.45, 7) is 2.41. The number of alkyl halides is 3. The number of hydrogen-bond acceptors (Lipinski definition) is 5. The van der Waals surface area contributed by atoms with Crippen LogP contribution in [0, 0.1) is 5.92 Å². The number of nitrogens with zero attached hydrogens (tertiary/aromatic N) is 2. The zero-order valence-corrected chi connectivity index (χ0v) is 23.1. The SMILES string of the molecule is CN1Cc2c(Cl)cc(Cl)cc2C(c2ccc(NC(=O)C3CCN(S(C)(=O)=O)CC3)cc2)C1.O=CC(F)(F)F. The molecule has 13 heteroatoms. The van der Waals surface area contributed by atoms with Crippen molar-refractivity contribution in [1.82, 2.24) is 9.21 Å². The standard InChI is InChI=1S/C23H27Cl2N3O3S.C2HF3O/c1-27-13-20(19-11-17(24)12-22(25)21(19)14-27)15-3-5-18(6-4-15)26-23(29)16-7-9-28(10-8-16)32(2,30)31;3-2(4,5)1-6/h3-6,11-12,16,20H,7-10,13-14H2,1-2H3,(H,26,29);1H. The molecule has 1 N–H and O–H groups in total. The van der Waals surface area contributed by atoms with Crippen molar-refractivity contribution in [2.75, 3.05) is 38.3 Å². The van der Waals surface area contributed by atoms with Crippen LogP contribution in [-0.2, 0) is 26.2 Å². The number of sulfonamides is 1. The van der Waals surface area contributed by atoms with Gasteiger partial charge in [-0.2, -0.15) is 13.2 Å². The van der Waals surface area contributed by atoms with E-state index in [0.29, 0.717) is 36.0 Å². The van der Waals surface area contributed by atoms with Crippen molar-refractivity contribution >= 4 is 51.1 Å². The Bertz CT molecular complexity index is 1270. The average molecular weight is 594 g/mol. The lowest BCUT2D eigenvalue weighted by Gasteiger charge is -2.33. The van der Waals surface area contributed by atoms with Gasteiger partial charge in [-0.25, -0.2) is 12.7 Å². The molecular formula is C25H28Cl2F3N3O4S. The highest BCUT2D eigenvalue weighted by Gasteiger charge is 2.30. The molecule has 208 valence electrons. The smallest absolute Gasteiger partial charge is 0.326 e. The zero-order valence-electron chi connectivity index (χ0n) is 20.8. The number of rotatable bonds is 4. The minimum absolute atomic E-state index is 0.0628. The van der Waals surface area contributed by atoms with E-state index >= 15 is 0 Å². The lowest BCUT2D eigenvalue weighted by molar-refractivity contribution is -0.156. The summed E-state index contributed by atoms with van der Waals surface area (Å²) in [5.41, 5.74) is 4.12. The number of amides is 1.